The smallest absolute Gasteiger partial charge is 0.257 e. The number of nitrogens with two attached hydrogens (primary N) is 1. The number of carbonyl (C=O) groups excluding carboxylic acids is 1. The highest BCUT2D eigenvalue weighted by Gasteiger charge is 2.17. The third kappa shape index (κ3) is 3.47. The molecule has 1 heterocycles. The summed E-state index contributed by atoms with van der Waals surface area (Å²) in [6, 6.07) is 8.45. The zero-order valence-electron chi connectivity index (χ0n) is 11.8. The standard InChI is InChI=1S/C15H16FN3O2/c1-19(9-10-4-3-5-12(6-10)21-2)15(20)13-7-11(16)8-18-14(13)17/h3-8H,9H2,1-2H3,(H2,17,18). The van der Waals surface area contributed by atoms with Gasteiger partial charge in [-0.2, -0.15) is 0 Å². The molecule has 0 spiro atoms. The van der Waals surface area contributed by atoms with Crippen molar-refractivity contribution in [2.75, 3.05) is 19.9 Å². The van der Waals surface area contributed by atoms with Gasteiger partial charge in [0.15, 0.2) is 0 Å². The molecular formula is C15H16FN3O2. The first-order chi connectivity index (χ1) is 10.0. The number of halogens is 1. The summed E-state index contributed by atoms with van der Waals surface area (Å²) in [6.07, 6.45) is 0.980. The topological polar surface area (TPSA) is 68.5 Å². The second-order valence-electron chi connectivity index (χ2n) is 4.60. The van der Waals surface area contributed by atoms with Crippen molar-refractivity contribution in [2.45, 2.75) is 6.54 Å². The van der Waals surface area contributed by atoms with Crippen LogP contribution in [0.15, 0.2) is 36.5 Å². The van der Waals surface area contributed by atoms with E-state index in [4.69, 9.17) is 10.5 Å². The third-order valence-corrected chi connectivity index (χ3v) is 3.02. The minimum Gasteiger partial charge on any atom is -0.497 e. The molecule has 0 fully saturated rings. The fourth-order valence-corrected chi connectivity index (χ4v) is 1.94. The summed E-state index contributed by atoms with van der Waals surface area (Å²) in [7, 11) is 3.19. The molecule has 0 aliphatic rings. The van der Waals surface area contributed by atoms with Crippen LogP contribution in [0.25, 0.3) is 0 Å². The van der Waals surface area contributed by atoms with Crippen molar-refractivity contribution in [3.63, 3.8) is 0 Å². The fraction of sp³-hybridized carbons (Fsp3) is 0.200. The van der Waals surface area contributed by atoms with Crippen LogP contribution in [0, 0.1) is 5.82 Å². The molecule has 6 heteroatoms. The van der Waals surface area contributed by atoms with E-state index in [9.17, 15) is 9.18 Å². The van der Waals surface area contributed by atoms with Crippen LogP contribution in [0.2, 0.25) is 0 Å². The lowest BCUT2D eigenvalue weighted by Gasteiger charge is -2.18. The van der Waals surface area contributed by atoms with E-state index in [2.05, 4.69) is 4.98 Å². The second-order valence-corrected chi connectivity index (χ2v) is 4.60. The Kier molecular flexibility index (Phi) is 4.37. The quantitative estimate of drug-likeness (QED) is 0.935. The molecule has 0 radical (unpaired) electrons. The van der Waals surface area contributed by atoms with Gasteiger partial charge in [0.2, 0.25) is 0 Å². The number of hydrogen-bond acceptors (Lipinski definition) is 4. The zero-order valence-corrected chi connectivity index (χ0v) is 11.8. The molecule has 5 nitrogen and oxygen atoms in total. The summed E-state index contributed by atoms with van der Waals surface area (Å²) in [4.78, 5) is 17.4. The SMILES string of the molecule is COc1cccc(CN(C)C(=O)c2cc(F)cnc2N)c1. The van der Waals surface area contributed by atoms with Gasteiger partial charge < -0.3 is 15.4 Å². The first-order valence-corrected chi connectivity index (χ1v) is 6.30. The lowest BCUT2D eigenvalue weighted by molar-refractivity contribution is 0.0785. The number of nitrogens with zero attached hydrogens (tertiary/aromatic N) is 2. The summed E-state index contributed by atoms with van der Waals surface area (Å²) in [5.74, 6) is -0.260. The van der Waals surface area contributed by atoms with E-state index in [1.54, 1.807) is 14.2 Å². The predicted octanol–water partition coefficient (Wildman–Crippen LogP) is 2.08. The first-order valence-electron chi connectivity index (χ1n) is 6.30. The number of hydrogen-bond donors (Lipinski definition) is 1. The molecule has 0 aliphatic carbocycles. The van der Waals surface area contributed by atoms with Crippen molar-refractivity contribution >= 4 is 11.7 Å². The lowest BCUT2D eigenvalue weighted by Crippen LogP contribution is -2.27. The van der Waals surface area contributed by atoms with Crippen LogP contribution in [0.1, 0.15) is 15.9 Å². The van der Waals surface area contributed by atoms with E-state index in [-0.39, 0.29) is 17.3 Å². The van der Waals surface area contributed by atoms with Gasteiger partial charge in [-0.3, -0.25) is 4.79 Å². The summed E-state index contributed by atoms with van der Waals surface area (Å²) >= 11 is 0. The normalized spacial score (nSPS) is 10.2. The molecule has 2 rings (SSSR count). The number of nitrogen functional groups attached to an aromatic ring is 1. The van der Waals surface area contributed by atoms with E-state index in [1.807, 2.05) is 24.3 Å². The molecule has 1 aromatic heterocycles. The van der Waals surface area contributed by atoms with Crippen LogP contribution in [-0.4, -0.2) is 29.9 Å². The zero-order chi connectivity index (χ0) is 15.4. The minimum atomic E-state index is -0.595. The van der Waals surface area contributed by atoms with Crippen LogP contribution >= 0.6 is 0 Å². The van der Waals surface area contributed by atoms with Gasteiger partial charge in [0.25, 0.3) is 5.91 Å². The van der Waals surface area contributed by atoms with Gasteiger partial charge in [-0.05, 0) is 23.8 Å². The van der Waals surface area contributed by atoms with Crippen LogP contribution in [-0.2, 0) is 6.54 Å². The molecule has 0 saturated carbocycles. The Morgan fingerprint density at radius 1 is 1.43 bits per heavy atom. The van der Waals surface area contributed by atoms with Crippen molar-refractivity contribution in [1.82, 2.24) is 9.88 Å². The Bertz CT molecular complexity index is 661. The van der Waals surface area contributed by atoms with E-state index in [0.29, 0.717) is 12.3 Å². The number of anilines is 1. The summed E-state index contributed by atoms with van der Waals surface area (Å²) in [5.41, 5.74) is 6.57. The predicted molar refractivity (Wildman–Crippen MR) is 77.4 cm³/mol. The molecule has 0 bridgehead atoms. The number of methoxy groups -OCH3 is 1. The van der Waals surface area contributed by atoms with Crippen molar-refractivity contribution in [2.24, 2.45) is 0 Å². The molecular weight excluding hydrogens is 273 g/mol. The molecule has 110 valence electrons. The first kappa shape index (κ1) is 14.8. The van der Waals surface area contributed by atoms with Crippen molar-refractivity contribution in [1.29, 1.82) is 0 Å². The van der Waals surface area contributed by atoms with Crippen LogP contribution < -0.4 is 10.5 Å². The number of amides is 1. The summed E-state index contributed by atoms with van der Waals surface area (Å²) < 4.78 is 18.3. The monoisotopic (exact) mass is 289 g/mol. The Balaban J connectivity index is 2.17. The number of pyridine rings is 1. The Labute approximate surface area is 122 Å². The molecule has 1 aromatic carbocycles. The summed E-state index contributed by atoms with van der Waals surface area (Å²) in [6.45, 7) is 0.353. The van der Waals surface area contributed by atoms with Gasteiger partial charge in [-0.15, -0.1) is 0 Å². The van der Waals surface area contributed by atoms with Crippen molar-refractivity contribution < 1.29 is 13.9 Å². The highest BCUT2D eigenvalue weighted by Crippen LogP contribution is 2.17. The molecule has 0 atom stereocenters. The maximum absolute atomic E-state index is 13.2. The van der Waals surface area contributed by atoms with Gasteiger partial charge in [-0.25, -0.2) is 9.37 Å². The largest absolute Gasteiger partial charge is 0.497 e. The van der Waals surface area contributed by atoms with Gasteiger partial charge >= 0.3 is 0 Å². The van der Waals surface area contributed by atoms with E-state index in [1.165, 1.54) is 4.90 Å². The number of ether oxygens (including phenoxy) is 1. The fourth-order valence-electron chi connectivity index (χ4n) is 1.94. The van der Waals surface area contributed by atoms with Crippen molar-refractivity contribution in [3.05, 3.63) is 53.5 Å². The van der Waals surface area contributed by atoms with Gasteiger partial charge in [0.1, 0.15) is 17.4 Å². The second kappa shape index (κ2) is 6.21. The molecule has 2 N–H and O–H groups in total. The Morgan fingerprint density at radius 3 is 2.90 bits per heavy atom. The van der Waals surface area contributed by atoms with Gasteiger partial charge in [0.05, 0.1) is 18.9 Å². The molecule has 1 amide bonds. The van der Waals surface area contributed by atoms with E-state index >= 15 is 0 Å². The maximum Gasteiger partial charge on any atom is 0.257 e. The number of carbonyl (C=O) groups is 1. The maximum atomic E-state index is 13.2. The summed E-state index contributed by atoms with van der Waals surface area (Å²) in [5, 5.41) is 0. The highest BCUT2D eigenvalue weighted by molar-refractivity contribution is 5.98. The van der Waals surface area contributed by atoms with E-state index < -0.39 is 5.82 Å². The number of benzene rings is 1. The van der Waals surface area contributed by atoms with Crippen molar-refractivity contribution in [3.8, 4) is 5.75 Å². The average Bonchev–Trinajstić information content (AvgIpc) is 2.49. The highest BCUT2D eigenvalue weighted by atomic mass is 19.1. The molecule has 21 heavy (non-hydrogen) atoms. The van der Waals surface area contributed by atoms with Gasteiger partial charge in [-0.1, -0.05) is 12.1 Å². The number of aromatic nitrogens is 1. The van der Waals surface area contributed by atoms with E-state index in [0.717, 1.165) is 17.8 Å². The Morgan fingerprint density at radius 2 is 2.19 bits per heavy atom. The number of rotatable bonds is 4. The molecule has 0 aliphatic heterocycles. The lowest BCUT2D eigenvalue weighted by atomic mass is 10.1. The minimum absolute atomic E-state index is 0.0129. The van der Waals surface area contributed by atoms with Gasteiger partial charge in [0, 0.05) is 13.6 Å². The molecule has 2 aromatic rings. The van der Waals surface area contributed by atoms with Crippen LogP contribution in [0.4, 0.5) is 10.2 Å². The average molecular weight is 289 g/mol. The molecule has 0 saturated heterocycles. The van der Waals surface area contributed by atoms with Crippen LogP contribution in [0.3, 0.4) is 0 Å². The van der Waals surface area contributed by atoms with Crippen LogP contribution in [0.5, 0.6) is 5.75 Å². The third-order valence-electron chi connectivity index (χ3n) is 3.02. The molecule has 0 unspecified atom stereocenters. The Hall–Kier alpha value is -2.63.